The van der Waals surface area contributed by atoms with Gasteiger partial charge in [-0.15, -0.1) is 6.42 Å². The SMILES string of the molecule is C#CC(C)(C)NCc1c(Cl)c(CC)nn1C. The van der Waals surface area contributed by atoms with E-state index in [1.165, 1.54) is 0 Å². The first kappa shape index (κ1) is 13.1. The number of terminal acetylenes is 1. The van der Waals surface area contributed by atoms with Crippen molar-refractivity contribution in [1.82, 2.24) is 15.1 Å². The Morgan fingerprint density at radius 3 is 2.62 bits per heavy atom. The number of nitrogens with one attached hydrogen (secondary N) is 1. The summed E-state index contributed by atoms with van der Waals surface area (Å²) >= 11 is 6.23. The van der Waals surface area contributed by atoms with E-state index in [1.807, 2.05) is 27.8 Å². The van der Waals surface area contributed by atoms with Gasteiger partial charge in [0.15, 0.2) is 0 Å². The Labute approximate surface area is 102 Å². The number of aryl methyl sites for hydroxylation is 2. The van der Waals surface area contributed by atoms with Gasteiger partial charge in [0.2, 0.25) is 0 Å². The van der Waals surface area contributed by atoms with Crippen molar-refractivity contribution in [3.8, 4) is 12.3 Å². The molecule has 0 unspecified atom stereocenters. The van der Waals surface area contributed by atoms with Crippen LogP contribution in [0.5, 0.6) is 0 Å². The molecule has 0 saturated heterocycles. The fourth-order valence-electron chi connectivity index (χ4n) is 1.37. The molecule has 0 atom stereocenters. The van der Waals surface area contributed by atoms with E-state index in [4.69, 9.17) is 18.0 Å². The van der Waals surface area contributed by atoms with Crippen LogP contribution in [-0.4, -0.2) is 15.3 Å². The second kappa shape index (κ2) is 4.90. The van der Waals surface area contributed by atoms with Crippen molar-refractivity contribution in [3.63, 3.8) is 0 Å². The fourth-order valence-corrected chi connectivity index (χ4v) is 1.73. The summed E-state index contributed by atoms with van der Waals surface area (Å²) in [5, 5.41) is 8.35. The van der Waals surface area contributed by atoms with Crippen molar-refractivity contribution in [1.29, 1.82) is 0 Å². The smallest absolute Gasteiger partial charge is 0.0863 e. The maximum atomic E-state index is 6.23. The summed E-state index contributed by atoms with van der Waals surface area (Å²) < 4.78 is 1.81. The normalized spacial score (nSPS) is 11.5. The summed E-state index contributed by atoms with van der Waals surface area (Å²) in [7, 11) is 1.89. The van der Waals surface area contributed by atoms with E-state index in [0.29, 0.717) is 6.54 Å². The minimum atomic E-state index is -0.333. The van der Waals surface area contributed by atoms with Gasteiger partial charge in [-0.2, -0.15) is 5.10 Å². The second-order valence-electron chi connectivity index (χ2n) is 4.31. The quantitative estimate of drug-likeness (QED) is 0.816. The van der Waals surface area contributed by atoms with Gasteiger partial charge in [0.05, 0.1) is 21.9 Å². The van der Waals surface area contributed by atoms with Crippen LogP contribution >= 0.6 is 11.6 Å². The third kappa shape index (κ3) is 2.78. The van der Waals surface area contributed by atoms with Gasteiger partial charge in [0.1, 0.15) is 0 Å². The molecule has 88 valence electrons. The lowest BCUT2D eigenvalue weighted by Crippen LogP contribution is -2.37. The van der Waals surface area contributed by atoms with E-state index in [1.54, 1.807) is 4.68 Å². The highest BCUT2D eigenvalue weighted by atomic mass is 35.5. The molecular formula is C12H18ClN3. The molecule has 0 aromatic carbocycles. The van der Waals surface area contributed by atoms with Crippen molar-refractivity contribution in [2.45, 2.75) is 39.3 Å². The summed E-state index contributed by atoms with van der Waals surface area (Å²) in [6.07, 6.45) is 6.25. The summed E-state index contributed by atoms with van der Waals surface area (Å²) in [5.74, 6) is 2.69. The lowest BCUT2D eigenvalue weighted by molar-refractivity contribution is 0.477. The number of hydrogen-bond donors (Lipinski definition) is 1. The zero-order chi connectivity index (χ0) is 12.3. The Bertz CT molecular complexity index is 413. The molecule has 0 aliphatic rings. The van der Waals surface area contributed by atoms with Crippen molar-refractivity contribution in [2.24, 2.45) is 7.05 Å². The molecule has 1 aromatic rings. The van der Waals surface area contributed by atoms with E-state index in [-0.39, 0.29) is 5.54 Å². The maximum Gasteiger partial charge on any atom is 0.0863 e. The van der Waals surface area contributed by atoms with Crippen LogP contribution in [0, 0.1) is 12.3 Å². The predicted molar refractivity (Wildman–Crippen MR) is 67.3 cm³/mol. The van der Waals surface area contributed by atoms with Gasteiger partial charge < -0.3 is 0 Å². The lowest BCUT2D eigenvalue weighted by atomic mass is 10.1. The number of hydrogen-bond acceptors (Lipinski definition) is 2. The van der Waals surface area contributed by atoms with Crippen LogP contribution < -0.4 is 5.32 Å². The van der Waals surface area contributed by atoms with Gasteiger partial charge in [0.25, 0.3) is 0 Å². The molecular weight excluding hydrogens is 222 g/mol. The fraction of sp³-hybridized carbons (Fsp3) is 0.583. The molecule has 16 heavy (non-hydrogen) atoms. The minimum Gasteiger partial charge on any atom is -0.296 e. The van der Waals surface area contributed by atoms with Gasteiger partial charge >= 0.3 is 0 Å². The van der Waals surface area contributed by atoms with Gasteiger partial charge in [0, 0.05) is 13.6 Å². The minimum absolute atomic E-state index is 0.333. The van der Waals surface area contributed by atoms with Gasteiger partial charge in [-0.3, -0.25) is 10.00 Å². The molecule has 1 heterocycles. The summed E-state index contributed by atoms with van der Waals surface area (Å²) in [5.41, 5.74) is 1.57. The molecule has 0 fully saturated rings. The molecule has 0 amide bonds. The number of halogens is 1. The van der Waals surface area contributed by atoms with Crippen LogP contribution in [0.3, 0.4) is 0 Å². The Hall–Kier alpha value is -0.980. The van der Waals surface area contributed by atoms with E-state index in [2.05, 4.69) is 16.3 Å². The Morgan fingerprint density at radius 1 is 1.56 bits per heavy atom. The third-order valence-corrected chi connectivity index (χ3v) is 3.00. The maximum absolute atomic E-state index is 6.23. The summed E-state index contributed by atoms with van der Waals surface area (Å²) in [4.78, 5) is 0. The van der Waals surface area contributed by atoms with E-state index in [0.717, 1.165) is 22.8 Å². The zero-order valence-electron chi connectivity index (χ0n) is 10.3. The van der Waals surface area contributed by atoms with E-state index < -0.39 is 0 Å². The molecule has 0 aliphatic carbocycles. The molecule has 0 radical (unpaired) electrons. The van der Waals surface area contributed by atoms with E-state index in [9.17, 15) is 0 Å². The van der Waals surface area contributed by atoms with Gasteiger partial charge in [-0.1, -0.05) is 24.4 Å². The van der Waals surface area contributed by atoms with Gasteiger partial charge in [-0.25, -0.2) is 0 Å². The standard InChI is InChI=1S/C12H18ClN3/c1-6-9-11(13)10(16(5)15-9)8-14-12(3,4)7-2/h2,14H,6,8H2,1,3-5H3. The number of rotatable bonds is 4. The molecule has 4 heteroatoms. The van der Waals surface area contributed by atoms with Crippen molar-refractivity contribution >= 4 is 11.6 Å². The molecule has 0 bridgehead atoms. The average molecular weight is 240 g/mol. The topological polar surface area (TPSA) is 29.9 Å². The summed E-state index contributed by atoms with van der Waals surface area (Å²) in [6, 6.07) is 0. The summed E-state index contributed by atoms with van der Waals surface area (Å²) in [6.45, 7) is 6.58. The predicted octanol–water partition coefficient (Wildman–Crippen LogP) is 2.14. The lowest BCUT2D eigenvalue weighted by Gasteiger charge is -2.19. The highest BCUT2D eigenvalue weighted by Gasteiger charge is 2.17. The number of aromatic nitrogens is 2. The van der Waals surface area contributed by atoms with Crippen LogP contribution in [0.2, 0.25) is 5.02 Å². The monoisotopic (exact) mass is 239 g/mol. The van der Waals surface area contributed by atoms with E-state index >= 15 is 0 Å². The van der Waals surface area contributed by atoms with Gasteiger partial charge in [-0.05, 0) is 20.3 Å². The average Bonchev–Trinajstić information content (AvgIpc) is 2.51. The Kier molecular flexibility index (Phi) is 4.01. The van der Waals surface area contributed by atoms with Crippen molar-refractivity contribution in [2.75, 3.05) is 0 Å². The van der Waals surface area contributed by atoms with Crippen LogP contribution in [0.1, 0.15) is 32.2 Å². The third-order valence-electron chi connectivity index (χ3n) is 2.56. The zero-order valence-corrected chi connectivity index (χ0v) is 11.0. The second-order valence-corrected chi connectivity index (χ2v) is 4.69. The molecule has 1 aromatic heterocycles. The molecule has 1 N–H and O–H groups in total. The number of nitrogens with zero attached hydrogens (tertiary/aromatic N) is 2. The highest BCUT2D eigenvalue weighted by Crippen LogP contribution is 2.21. The largest absolute Gasteiger partial charge is 0.296 e. The van der Waals surface area contributed by atoms with Crippen LogP contribution in [0.4, 0.5) is 0 Å². The van der Waals surface area contributed by atoms with Crippen molar-refractivity contribution in [3.05, 3.63) is 16.4 Å². The van der Waals surface area contributed by atoms with Crippen LogP contribution in [0.15, 0.2) is 0 Å². The highest BCUT2D eigenvalue weighted by molar-refractivity contribution is 6.31. The molecule has 1 rings (SSSR count). The molecule has 0 aliphatic heterocycles. The first-order chi connectivity index (χ1) is 7.41. The molecule has 3 nitrogen and oxygen atoms in total. The first-order valence-corrected chi connectivity index (χ1v) is 5.72. The molecule has 0 spiro atoms. The molecule has 0 saturated carbocycles. The van der Waals surface area contributed by atoms with Crippen LogP contribution in [-0.2, 0) is 20.0 Å². The van der Waals surface area contributed by atoms with Crippen LogP contribution in [0.25, 0.3) is 0 Å². The Morgan fingerprint density at radius 2 is 2.19 bits per heavy atom. The first-order valence-electron chi connectivity index (χ1n) is 5.34. The van der Waals surface area contributed by atoms with Crippen molar-refractivity contribution < 1.29 is 0 Å². The Balaban J connectivity index is 2.83.